The van der Waals surface area contributed by atoms with E-state index in [9.17, 15) is 24.6 Å². The number of carbonyl (C=O) groups excluding carboxylic acids is 1. The molecule has 4 saturated carbocycles. The largest absolute Gasteiger partial charge is 0.481 e. The molecule has 4 aliphatic rings. The van der Waals surface area contributed by atoms with Gasteiger partial charge in [-0.3, -0.25) is 24.9 Å². The van der Waals surface area contributed by atoms with E-state index in [1.807, 2.05) is 0 Å². The lowest BCUT2D eigenvalue weighted by Gasteiger charge is -2.36. The van der Waals surface area contributed by atoms with Gasteiger partial charge in [-0.15, -0.1) is 0 Å². The molecule has 0 heterocycles. The number of carboxylic acid groups (broad SMARTS) is 2. The average molecular weight is 701 g/mol. The van der Waals surface area contributed by atoms with Crippen molar-refractivity contribution in [2.75, 3.05) is 33.0 Å². The average Bonchev–Trinajstić information content (AvgIpc) is 3.08. The molecule has 4 rings (SSSR count). The monoisotopic (exact) mass is 700 g/mol. The van der Waals surface area contributed by atoms with Gasteiger partial charge in [0.05, 0.1) is 63.0 Å². The minimum absolute atomic E-state index is 0.00282. The van der Waals surface area contributed by atoms with Crippen LogP contribution in [0.3, 0.4) is 0 Å². The summed E-state index contributed by atoms with van der Waals surface area (Å²) in [5, 5.41) is 39.9. The van der Waals surface area contributed by atoms with E-state index in [1.54, 1.807) is 0 Å². The normalized spacial score (nSPS) is 34.3. The number of ether oxygens (including phenoxy) is 2. The Morgan fingerprint density at radius 3 is 1.84 bits per heavy atom. The van der Waals surface area contributed by atoms with Gasteiger partial charge in [-0.25, -0.2) is 9.78 Å². The fourth-order valence-corrected chi connectivity index (χ4v) is 8.20. The van der Waals surface area contributed by atoms with Gasteiger partial charge in [0.15, 0.2) is 0 Å². The molecule has 1 amide bonds. The highest BCUT2D eigenvalue weighted by molar-refractivity contribution is 5.85. The van der Waals surface area contributed by atoms with Crippen molar-refractivity contribution in [2.24, 2.45) is 40.9 Å². The number of nitrogens with one attached hydrogen (secondary N) is 2. The van der Waals surface area contributed by atoms with Crippen molar-refractivity contribution >= 4 is 17.8 Å². The van der Waals surface area contributed by atoms with Crippen molar-refractivity contribution in [3.63, 3.8) is 0 Å². The Labute approximate surface area is 289 Å². The van der Waals surface area contributed by atoms with Crippen molar-refractivity contribution in [3.05, 3.63) is 0 Å². The van der Waals surface area contributed by atoms with Crippen LogP contribution in [0, 0.1) is 40.9 Å². The summed E-state index contributed by atoms with van der Waals surface area (Å²) in [5.41, 5.74) is 3.02. The molecule has 0 saturated heterocycles. The lowest BCUT2D eigenvalue weighted by atomic mass is 9.73. The summed E-state index contributed by atoms with van der Waals surface area (Å²) >= 11 is 0. The lowest BCUT2D eigenvalue weighted by Crippen LogP contribution is -2.47. The number of aliphatic carboxylic acids is 2. The maximum atomic E-state index is 13.1. The number of carbonyl (C=O) groups is 3. The van der Waals surface area contributed by atoms with Crippen LogP contribution < -0.4 is 10.8 Å². The van der Waals surface area contributed by atoms with Gasteiger partial charge >= 0.3 is 11.9 Å². The summed E-state index contributed by atoms with van der Waals surface area (Å²) in [7, 11) is 0. The highest BCUT2D eigenvalue weighted by Gasteiger charge is 2.40. The second-order valence-electron chi connectivity index (χ2n) is 15.9. The van der Waals surface area contributed by atoms with Crippen LogP contribution in [0.15, 0.2) is 0 Å². The van der Waals surface area contributed by atoms with E-state index >= 15 is 0 Å². The molecule has 6 atom stereocenters. The number of carboxylic acids is 2. The summed E-state index contributed by atoms with van der Waals surface area (Å²) in [6, 6.07) is 0.207. The van der Waals surface area contributed by atoms with Crippen LogP contribution in [0.4, 0.5) is 0 Å². The molecule has 14 heteroatoms. The highest BCUT2D eigenvalue weighted by atomic mass is 17.1. The Kier molecular flexibility index (Phi) is 16.0. The molecule has 4 fully saturated rings. The van der Waals surface area contributed by atoms with Gasteiger partial charge in [-0.05, 0) is 108 Å². The molecule has 0 aromatic rings. The van der Waals surface area contributed by atoms with E-state index in [2.05, 4.69) is 34.4 Å². The summed E-state index contributed by atoms with van der Waals surface area (Å²) in [4.78, 5) is 50.9. The van der Waals surface area contributed by atoms with Crippen LogP contribution in [0.25, 0.3) is 0 Å². The summed E-state index contributed by atoms with van der Waals surface area (Å²) in [6.45, 7) is 6.14. The van der Waals surface area contributed by atoms with Crippen LogP contribution >= 0.6 is 0 Å². The van der Waals surface area contributed by atoms with Crippen LogP contribution in [0.2, 0.25) is 0 Å². The number of hydroxylamine groups is 1. The summed E-state index contributed by atoms with van der Waals surface area (Å²) in [6.07, 6.45) is 10.4. The first-order valence-corrected chi connectivity index (χ1v) is 18.4. The zero-order chi connectivity index (χ0) is 35.4. The second kappa shape index (κ2) is 19.6. The van der Waals surface area contributed by atoms with E-state index in [0.29, 0.717) is 58.3 Å². The number of hydrogen-bond donors (Lipinski definition) is 6. The molecular weight excluding hydrogens is 640 g/mol. The molecule has 0 aromatic carbocycles. The Morgan fingerprint density at radius 2 is 1.27 bits per heavy atom. The summed E-state index contributed by atoms with van der Waals surface area (Å²) < 4.78 is 12.6. The zero-order valence-electron chi connectivity index (χ0n) is 29.3. The maximum Gasteiger partial charge on any atom is 0.307 e. The molecule has 0 bridgehead atoms. The quantitative estimate of drug-likeness (QED) is 0.0862. The fraction of sp³-hybridized carbons (Fsp3) is 0.914. The molecule has 0 aromatic heterocycles. The van der Waals surface area contributed by atoms with Gasteiger partial charge in [0, 0.05) is 17.5 Å². The van der Waals surface area contributed by atoms with E-state index < -0.39 is 23.8 Å². The van der Waals surface area contributed by atoms with Crippen molar-refractivity contribution < 1.29 is 59.2 Å². The standard InChI is InChI=1S/C35H60N2O12/c1-35(2,20-45-28-10-6-26(7-11-28)36-32(38)31-15-22(17-48-43)3-14-30(31)34(41)42)21-46-29-12-8-27(9-13-29)37-47-18-25-16-23(33(39)40)4-5-24(25)19-49-44/h22-31,37,43-44H,3-21H2,1-2H3,(H,36,38)(H,39,40)(H,41,42). The minimum Gasteiger partial charge on any atom is -0.481 e. The van der Waals surface area contributed by atoms with E-state index in [-0.39, 0.29) is 72.5 Å². The minimum atomic E-state index is -0.947. The number of rotatable bonds is 18. The SMILES string of the molecule is CC(C)(COC1CCC(NOCC2CC(C(=O)O)CCC2COO)CC1)COC1CCC(NC(=O)C2CC(COO)CCC2C(=O)O)CC1. The van der Waals surface area contributed by atoms with Crippen molar-refractivity contribution in [1.29, 1.82) is 0 Å². The molecular formula is C35H60N2O12. The molecule has 49 heavy (non-hydrogen) atoms. The third-order valence-corrected chi connectivity index (χ3v) is 11.4. The first-order valence-electron chi connectivity index (χ1n) is 18.4. The second-order valence-corrected chi connectivity index (χ2v) is 15.9. The van der Waals surface area contributed by atoms with Gasteiger partial charge < -0.3 is 29.8 Å². The lowest BCUT2D eigenvalue weighted by molar-refractivity contribution is -0.257. The molecule has 0 radical (unpaired) electrons. The van der Waals surface area contributed by atoms with Crippen molar-refractivity contribution in [3.8, 4) is 0 Å². The number of hydrogen-bond acceptors (Lipinski definition) is 11. The van der Waals surface area contributed by atoms with E-state index in [1.165, 1.54) is 0 Å². The Hall–Kier alpha value is -1.91. The molecule has 282 valence electrons. The third-order valence-electron chi connectivity index (χ3n) is 11.4. The summed E-state index contributed by atoms with van der Waals surface area (Å²) in [5.74, 6) is -3.60. The third kappa shape index (κ3) is 12.7. The molecule has 6 N–H and O–H groups in total. The van der Waals surface area contributed by atoms with Gasteiger partial charge in [0.2, 0.25) is 5.91 Å². The highest BCUT2D eigenvalue weighted by Crippen LogP contribution is 2.36. The smallest absolute Gasteiger partial charge is 0.307 e. The van der Waals surface area contributed by atoms with Crippen molar-refractivity contribution in [2.45, 2.75) is 128 Å². The predicted octanol–water partition coefficient (Wildman–Crippen LogP) is 4.52. The van der Waals surface area contributed by atoms with Crippen LogP contribution in [-0.4, -0.2) is 95.9 Å². The Morgan fingerprint density at radius 1 is 0.653 bits per heavy atom. The van der Waals surface area contributed by atoms with Gasteiger partial charge in [-0.2, -0.15) is 5.48 Å². The predicted molar refractivity (Wildman–Crippen MR) is 176 cm³/mol. The first-order chi connectivity index (χ1) is 23.5. The maximum absolute atomic E-state index is 13.1. The van der Waals surface area contributed by atoms with Crippen LogP contribution in [0.5, 0.6) is 0 Å². The Balaban J connectivity index is 1.08. The van der Waals surface area contributed by atoms with Crippen LogP contribution in [-0.2, 0) is 38.5 Å². The van der Waals surface area contributed by atoms with Crippen LogP contribution in [0.1, 0.15) is 104 Å². The first kappa shape index (κ1) is 39.9. The molecule has 0 aliphatic heterocycles. The molecule has 4 aliphatic carbocycles. The zero-order valence-corrected chi connectivity index (χ0v) is 29.3. The fourth-order valence-electron chi connectivity index (χ4n) is 8.20. The van der Waals surface area contributed by atoms with Gasteiger partial charge in [0.25, 0.3) is 0 Å². The topological polar surface area (TPSA) is 202 Å². The molecule has 0 spiro atoms. The van der Waals surface area contributed by atoms with Gasteiger partial charge in [-0.1, -0.05) is 13.8 Å². The molecule has 14 nitrogen and oxygen atoms in total. The van der Waals surface area contributed by atoms with Gasteiger partial charge in [0.1, 0.15) is 0 Å². The van der Waals surface area contributed by atoms with E-state index in [4.69, 9.17) is 24.8 Å². The van der Waals surface area contributed by atoms with E-state index in [0.717, 1.165) is 51.4 Å². The Bertz CT molecular complexity index is 1030. The van der Waals surface area contributed by atoms with Crippen molar-refractivity contribution in [1.82, 2.24) is 10.8 Å². The number of amides is 1. The molecule has 6 unspecified atom stereocenters.